The molecule has 2 unspecified atom stereocenters. The Hall–Kier alpha value is -0.930. The molecule has 3 heteroatoms. The lowest BCUT2D eigenvalue weighted by Crippen LogP contribution is -2.55. The van der Waals surface area contributed by atoms with E-state index in [1.165, 1.54) is 38.2 Å². The fourth-order valence-corrected chi connectivity index (χ4v) is 3.36. The van der Waals surface area contributed by atoms with Gasteiger partial charge in [-0.3, -0.25) is 14.8 Å². The third kappa shape index (κ3) is 2.57. The lowest BCUT2D eigenvalue weighted by atomic mass is 10.1. The molecule has 2 saturated heterocycles. The Labute approximate surface area is 110 Å². The standard InChI is InChI=1S/C15H23N3/c1-13-11-18-9-4-6-15(18)12-17(13)10-7-14-5-2-3-8-16-14/h2-3,5,8,13,15H,4,6-7,9-12H2,1H3. The van der Waals surface area contributed by atoms with E-state index in [-0.39, 0.29) is 0 Å². The van der Waals surface area contributed by atoms with Crippen LogP contribution in [0, 0.1) is 0 Å². The minimum Gasteiger partial charge on any atom is -0.298 e. The van der Waals surface area contributed by atoms with Crippen LogP contribution in [0.25, 0.3) is 0 Å². The molecule has 98 valence electrons. The second-order valence-corrected chi connectivity index (χ2v) is 5.71. The van der Waals surface area contributed by atoms with Crippen LogP contribution in [0.3, 0.4) is 0 Å². The number of hydrogen-bond donors (Lipinski definition) is 0. The predicted octanol–water partition coefficient (Wildman–Crippen LogP) is 1.79. The Balaban J connectivity index is 1.56. The van der Waals surface area contributed by atoms with Crippen molar-refractivity contribution in [2.75, 3.05) is 26.2 Å². The van der Waals surface area contributed by atoms with E-state index in [1.807, 2.05) is 12.3 Å². The van der Waals surface area contributed by atoms with Gasteiger partial charge in [-0.05, 0) is 38.4 Å². The Morgan fingerprint density at radius 1 is 1.33 bits per heavy atom. The van der Waals surface area contributed by atoms with Gasteiger partial charge in [0.2, 0.25) is 0 Å². The monoisotopic (exact) mass is 245 g/mol. The van der Waals surface area contributed by atoms with Gasteiger partial charge in [0.1, 0.15) is 0 Å². The lowest BCUT2D eigenvalue weighted by molar-refractivity contribution is 0.0603. The Morgan fingerprint density at radius 3 is 3.11 bits per heavy atom. The molecule has 2 fully saturated rings. The normalized spacial score (nSPS) is 29.4. The van der Waals surface area contributed by atoms with Crippen molar-refractivity contribution in [2.24, 2.45) is 0 Å². The molecule has 18 heavy (non-hydrogen) atoms. The summed E-state index contributed by atoms with van der Waals surface area (Å²) in [5, 5.41) is 0. The molecule has 0 aromatic carbocycles. The van der Waals surface area contributed by atoms with Crippen molar-refractivity contribution < 1.29 is 0 Å². The van der Waals surface area contributed by atoms with Crippen LogP contribution in [-0.4, -0.2) is 53.0 Å². The van der Waals surface area contributed by atoms with Crippen molar-refractivity contribution in [3.63, 3.8) is 0 Å². The van der Waals surface area contributed by atoms with Gasteiger partial charge in [-0.25, -0.2) is 0 Å². The minimum absolute atomic E-state index is 0.697. The summed E-state index contributed by atoms with van der Waals surface area (Å²) in [6.45, 7) is 7.36. The first-order valence-electron chi connectivity index (χ1n) is 7.21. The van der Waals surface area contributed by atoms with Crippen LogP contribution >= 0.6 is 0 Å². The molecule has 0 aliphatic carbocycles. The number of aromatic nitrogens is 1. The van der Waals surface area contributed by atoms with E-state index in [0.29, 0.717) is 6.04 Å². The summed E-state index contributed by atoms with van der Waals surface area (Å²) in [4.78, 5) is 9.75. The topological polar surface area (TPSA) is 19.4 Å². The van der Waals surface area contributed by atoms with E-state index >= 15 is 0 Å². The number of fused-ring (bicyclic) bond motifs is 1. The van der Waals surface area contributed by atoms with Crippen LogP contribution in [0.5, 0.6) is 0 Å². The highest BCUT2D eigenvalue weighted by atomic mass is 15.3. The number of nitrogens with zero attached hydrogens (tertiary/aromatic N) is 3. The molecule has 3 nitrogen and oxygen atoms in total. The summed E-state index contributed by atoms with van der Waals surface area (Å²) < 4.78 is 0. The van der Waals surface area contributed by atoms with Crippen LogP contribution in [0.15, 0.2) is 24.4 Å². The fourth-order valence-electron chi connectivity index (χ4n) is 3.36. The second-order valence-electron chi connectivity index (χ2n) is 5.71. The molecule has 2 aliphatic rings. The highest BCUT2D eigenvalue weighted by Crippen LogP contribution is 2.24. The van der Waals surface area contributed by atoms with Crippen molar-refractivity contribution in [3.8, 4) is 0 Å². The Morgan fingerprint density at radius 2 is 2.28 bits per heavy atom. The smallest absolute Gasteiger partial charge is 0.0416 e. The molecule has 3 heterocycles. The zero-order valence-electron chi connectivity index (χ0n) is 11.3. The lowest BCUT2D eigenvalue weighted by Gasteiger charge is -2.42. The van der Waals surface area contributed by atoms with Crippen LogP contribution in [0.1, 0.15) is 25.5 Å². The van der Waals surface area contributed by atoms with Gasteiger partial charge in [-0.1, -0.05) is 6.07 Å². The van der Waals surface area contributed by atoms with E-state index < -0.39 is 0 Å². The van der Waals surface area contributed by atoms with Gasteiger partial charge in [0.25, 0.3) is 0 Å². The van der Waals surface area contributed by atoms with Gasteiger partial charge in [-0.2, -0.15) is 0 Å². The second kappa shape index (κ2) is 5.37. The van der Waals surface area contributed by atoms with Crippen molar-refractivity contribution in [1.29, 1.82) is 0 Å². The average Bonchev–Trinajstić information content (AvgIpc) is 2.84. The largest absolute Gasteiger partial charge is 0.298 e. The zero-order valence-corrected chi connectivity index (χ0v) is 11.3. The number of piperazine rings is 1. The van der Waals surface area contributed by atoms with Crippen molar-refractivity contribution in [3.05, 3.63) is 30.1 Å². The van der Waals surface area contributed by atoms with E-state index in [2.05, 4.69) is 33.8 Å². The molecule has 0 spiro atoms. The quantitative estimate of drug-likeness (QED) is 0.809. The molecule has 2 aliphatic heterocycles. The molecule has 2 atom stereocenters. The van der Waals surface area contributed by atoms with E-state index in [4.69, 9.17) is 0 Å². The van der Waals surface area contributed by atoms with Crippen LogP contribution in [-0.2, 0) is 6.42 Å². The third-order valence-corrected chi connectivity index (χ3v) is 4.45. The molecule has 1 aromatic rings. The van der Waals surface area contributed by atoms with Crippen LogP contribution < -0.4 is 0 Å². The molecule has 1 aromatic heterocycles. The summed E-state index contributed by atoms with van der Waals surface area (Å²) in [5.74, 6) is 0. The highest BCUT2D eigenvalue weighted by molar-refractivity contribution is 5.04. The van der Waals surface area contributed by atoms with E-state index in [0.717, 1.165) is 19.0 Å². The molecule has 0 amide bonds. The van der Waals surface area contributed by atoms with Gasteiger partial charge < -0.3 is 0 Å². The maximum atomic E-state index is 4.42. The minimum atomic E-state index is 0.697. The summed E-state index contributed by atoms with van der Waals surface area (Å²) in [6.07, 6.45) is 5.77. The summed E-state index contributed by atoms with van der Waals surface area (Å²) in [7, 11) is 0. The number of hydrogen-bond acceptors (Lipinski definition) is 3. The molecule has 0 bridgehead atoms. The first kappa shape index (κ1) is 12.1. The Kier molecular flexibility index (Phi) is 3.62. The number of pyridine rings is 1. The van der Waals surface area contributed by atoms with Crippen molar-refractivity contribution >= 4 is 0 Å². The summed E-state index contributed by atoms with van der Waals surface area (Å²) in [5.41, 5.74) is 1.22. The third-order valence-electron chi connectivity index (χ3n) is 4.45. The van der Waals surface area contributed by atoms with Gasteiger partial charge in [0, 0.05) is 50.0 Å². The maximum Gasteiger partial charge on any atom is 0.0416 e. The molecule has 0 saturated carbocycles. The van der Waals surface area contributed by atoms with Crippen molar-refractivity contribution in [2.45, 2.75) is 38.3 Å². The first-order chi connectivity index (χ1) is 8.83. The Bertz CT molecular complexity index is 379. The van der Waals surface area contributed by atoms with Gasteiger partial charge in [0.15, 0.2) is 0 Å². The zero-order chi connectivity index (χ0) is 12.4. The summed E-state index contributed by atoms with van der Waals surface area (Å²) >= 11 is 0. The highest BCUT2D eigenvalue weighted by Gasteiger charge is 2.33. The van der Waals surface area contributed by atoms with E-state index in [1.54, 1.807) is 0 Å². The van der Waals surface area contributed by atoms with Crippen LogP contribution in [0.2, 0.25) is 0 Å². The maximum absolute atomic E-state index is 4.42. The molecular formula is C15H23N3. The fraction of sp³-hybridized carbons (Fsp3) is 0.667. The molecule has 0 N–H and O–H groups in total. The number of rotatable bonds is 3. The molecule has 0 radical (unpaired) electrons. The molecular weight excluding hydrogens is 222 g/mol. The van der Waals surface area contributed by atoms with Gasteiger partial charge in [0.05, 0.1) is 0 Å². The SMILES string of the molecule is CC1CN2CCCC2CN1CCc1ccccn1. The average molecular weight is 245 g/mol. The van der Waals surface area contributed by atoms with Crippen LogP contribution in [0.4, 0.5) is 0 Å². The van der Waals surface area contributed by atoms with E-state index in [9.17, 15) is 0 Å². The molecule has 3 rings (SSSR count). The van der Waals surface area contributed by atoms with Gasteiger partial charge >= 0.3 is 0 Å². The predicted molar refractivity (Wildman–Crippen MR) is 73.6 cm³/mol. The van der Waals surface area contributed by atoms with Gasteiger partial charge in [-0.15, -0.1) is 0 Å². The van der Waals surface area contributed by atoms with Crippen molar-refractivity contribution in [1.82, 2.24) is 14.8 Å². The summed E-state index contributed by atoms with van der Waals surface area (Å²) in [6, 6.07) is 7.73. The first-order valence-corrected chi connectivity index (χ1v) is 7.21.